The van der Waals surface area contributed by atoms with Crippen molar-refractivity contribution in [2.24, 2.45) is 0 Å². The van der Waals surface area contributed by atoms with Gasteiger partial charge in [-0.05, 0) is 32.4 Å². The SMILES string of the molecule is CCNCc1cccc(OCC)c1OCC1CCCO1. The van der Waals surface area contributed by atoms with Gasteiger partial charge < -0.3 is 19.5 Å². The number of benzene rings is 1. The van der Waals surface area contributed by atoms with E-state index in [1.54, 1.807) is 0 Å². The van der Waals surface area contributed by atoms with E-state index < -0.39 is 0 Å². The van der Waals surface area contributed by atoms with Crippen LogP contribution < -0.4 is 14.8 Å². The quantitative estimate of drug-likeness (QED) is 0.794. The zero-order valence-corrected chi connectivity index (χ0v) is 12.5. The van der Waals surface area contributed by atoms with Crippen molar-refractivity contribution in [3.8, 4) is 11.5 Å². The predicted molar refractivity (Wildman–Crippen MR) is 79.5 cm³/mol. The van der Waals surface area contributed by atoms with Gasteiger partial charge in [0.1, 0.15) is 6.61 Å². The summed E-state index contributed by atoms with van der Waals surface area (Å²) < 4.78 is 17.3. The Balaban J connectivity index is 2.07. The summed E-state index contributed by atoms with van der Waals surface area (Å²) in [7, 11) is 0. The maximum atomic E-state index is 6.01. The molecule has 1 unspecified atom stereocenters. The van der Waals surface area contributed by atoms with Gasteiger partial charge in [-0.1, -0.05) is 19.1 Å². The molecule has 1 aromatic carbocycles. The van der Waals surface area contributed by atoms with Gasteiger partial charge in [0.25, 0.3) is 0 Å². The summed E-state index contributed by atoms with van der Waals surface area (Å²) in [4.78, 5) is 0. The Bertz CT molecular complexity index is 403. The highest BCUT2D eigenvalue weighted by Crippen LogP contribution is 2.32. The third kappa shape index (κ3) is 4.12. The Morgan fingerprint density at radius 1 is 1.30 bits per heavy atom. The minimum Gasteiger partial charge on any atom is -0.490 e. The summed E-state index contributed by atoms with van der Waals surface area (Å²) >= 11 is 0. The van der Waals surface area contributed by atoms with Gasteiger partial charge in [-0.15, -0.1) is 0 Å². The number of ether oxygens (including phenoxy) is 3. The van der Waals surface area contributed by atoms with Crippen LogP contribution in [0, 0.1) is 0 Å². The largest absolute Gasteiger partial charge is 0.490 e. The zero-order chi connectivity index (χ0) is 14.2. The van der Waals surface area contributed by atoms with E-state index in [9.17, 15) is 0 Å². The molecule has 1 saturated heterocycles. The minimum absolute atomic E-state index is 0.219. The molecule has 1 atom stereocenters. The lowest BCUT2D eigenvalue weighted by Crippen LogP contribution is -2.19. The Morgan fingerprint density at radius 2 is 2.20 bits per heavy atom. The van der Waals surface area contributed by atoms with Crippen molar-refractivity contribution < 1.29 is 14.2 Å². The second kappa shape index (κ2) is 8.12. The molecule has 1 N–H and O–H groups in total. The lowest BCUT2D eigenvalue weighted by atomic mass is 10.1. The smallest absolute Gasteiger partial charge is 0.165 e. The van der Waals surface area contributed by atoms with Crippen LogP contribution in [0.25, 0.3) is 0 Å². The summed E-state index contributed by atoms with van der Waals surface area (Å²) in [6, 6.07) is 6.05. The zero-order valence-electron chi connectivity index (χ0n) is 12.5. The summed E-state index contributed by atoms with van der Waals surface area (Å²) in [5.74, 6) is 1.67. The predicted octanol–water partition coefficient (Wildman–Crippen LogP) is 2.75. The van der Waals surface area contributed by atoms with Crippen LogP contribution in [0.1, 0.15) is 32.3 Å². The van der Waals surface area contributed by atoms with Gasteiger partial charge in [-0.25, -0.2) is 0 Å². The number of hydrogen-bond donors (Lipinski definition) is 1. The fraction of sp³-hybridized carbons (Fsp3) is 0.625. The Hall–Kier alpha value is -1.26. The van der Waals surface area contributed by atoms with E-state index in [4.69, 9.17) is 14.2 Å². The molecule has 0 bridgehead atoms. The molecule has 1 aliphatic heterocycles. The normalized spacial score (nSPS) is 18.2. The van der Waals surface area contributed by atoms with Crippen LogP contribution in [0.3, 0.4) is 0 Å². The van der Waals surface area contributed by atoms with Crippen LogP contribution >= 0.6 is 0 Å². The Morgan fingerprint density at radius 3 is 2.90 bits per heavy atom. The molecule has 1 fully saturated rings. The maximum absolute atomic E-state index is 6.01. The van der Waals surface area contributed by atoms with Crippen molar-refractivity contribution >= 4 is 0 Å². The van der Waals surface area contributed by atoms with Gasteiger partial charge in [-0.2, -0.15) is 0 Å². The van der Waals surface area contributed by atoms with E-state index in [0.717, 1.165) is 49.6 Å². The highest BCUT2D eigenvalue weighted by Gasteiger charge is 2.18. The molecule has 2 rings (SSSR count). The molecule has 4 nitrogen and oxygen atoms in total. The molecule has 4 heteroatoms. The topological polar surface area (TPSA) is 39.7 Å². The summed E-state index contributed by atoms with van der Waals surface area (Å²) in [5, 5.41) is 3.34. The molecule has 112 valence electrons. The van der Waals surface area contributed by atoms with Gasteiger partial charge in [0.05, 0.1) is 12.7 Å². The van der Waals surface area contributed by atoms with Crippen molar-refractivity contribution in [1.29, 1.82) is 0 Å². The number of nitrogens with one attached hydrogen (secondary N) is 1. The molecule has 1 aliphatic rings. The Kier molecular flexibility index (Phi) is 6.15. The number of para-hydroxylation sites is 1. The number of hydrogen-bond acceptors (Lipinski definition) is 4. The van der Waals surface area contributed by atoms with Crippen molar-refractivity contribution in [2.75, 3.05) is 26.4 Å². The first-order chi connectivity index (χ1) is 9.85. The summed E-state index contributed by atoms with van der Waals surface area (Å²) in [5.41, 5.74) is 1.13. The fourth-order valence-corrected chi connectivity index (χ4v) is 2.35. The third-order valence-corrected chi connectivity index (χ3v) is 3.36. The molecule has 1 aromatic rings. The van der Waals surface area contributed by atoms with Crippen LogP contribution in [0.5, 0.6) is 11.5 Å². The van der Waals surface area contributed by atoms with E-state index in [2.05, 4.69) is 18.3 Å². The standard InChI is InChI=1S/C16H25NO3/c1-3-17-11-13-7-5-9-15(18-4-2)16(13)20-12-14-8-6-10-19-14/h5,7,9,14,17H,3-4,6,8,10-12H2,1-2H3. The second-order valence-electron chi connectivity index (χ2n) is 4.90. The van der Waals surface area contributed by atoms with Crippen LogP contribution in [0.15, 0.2) is 18.2 Å². The molecule has 0 spiro atoms. The molecule has 0 amide bonds. The van der Waals surface area contributed by atoms with Crippen molar-refractivity contribution in [2.45, 2.75) is 39.3 Å². The van der Waals surface area contributed by atoms with Gasteiger partial charge in [0.15, 0.2) is 11.5 Å². The van der Waals surface area contributed by atoms with Crippen LogP contribution in [-0.4, -0.2) is 32.5 Å². The van der Waals surface area contributed by atoms with Crippen molar-refractivity contribution in [3.63, 3.8) is 0 Å². The van der Waals surface area contributed by atoms with E-state index in [1.807, 2.05) is 19.1 Å². The first-order valence-electron chi connectivity index (χ1n) is 7.55. The monoisotopic (exact) mass is 279 g/mol. The highest BCUT2D eigenvalue weighted by atomic mass is 16.5. The Labute approximate surface area is 121 Å². The van der Waals surface area contributed by atoms with Gasteiger partial charge >= 0.3 is 0 Å². The van der Waals surface area contributed by atoms with Gasteiger partial charge in [0.2, 0.25) is 0 Å². The maximum Gasteiger partial charge on any atom is 0.165 e. The van der Waals surface area contributed by atoms with E-state index in [1.165, 1.54) is 0 Å². The average molecular weight is 279 g/mol. The highest BCUT2D eigenvalue weighted by molar-refractivity contribution is 5.46. The average Bonchev–Trinajstić information content (AvgIpc) is 2.97. The summed E-state index contributed by atoms with van der Waals surface area (Å²) in [6.07, 6.45) is 2.43. The van der Waals surface area contributed by atoms with Crippen LogP contribution in [0.4, 0.5) is 0 Å². The molecule has 0 aromatic heterocycles. The third-order valence-electron chi connectivity index (χ3n) is 3.36. The van der Waals surface area contributed by atoms with Gasteiger partial charge in [0, 0.05) is 18.7 Å². The van der Waals surface area contributed by atoms with E-state index in [0.29, 0.717) is 13.2 Å². The summed E-state index contributed by atoms with van der Waals surface area (Å²) in [6.45, 7) is 7.90. The molecule has 1 heterocycles. The molecule has 0 saturated carbocycles. The van der Waals surface area contributed by atoms with Gasteiger partial charge in [-0.3, -0.25) is 0 Å². The molecular formula is C16H25NO3. The minimum atomic E-state index is 0.219. The number of rotatable bonds is 8. The van der Waals surface area contributed by atoms with Crippen molar-refractivity contribution in [3.05, 3.63) is 23.8 Å². The molecule has 0 radical (unpaired) electrons. The molecule has 0 aliphatic carbocycles. The lowest BCUT2D eigenvalue weighted by Gasteiger charge is -2.18. The van der Waals surface area contributed by atoms with Crippen LogP contribution in [0.2, 0.25) is 0 Å². The fourth-order valence-electron chi connectivity index (χ4n) is 2.35. The molecular weight excluding hydrogens is 254 g/mol. The van der Waals surface area contributed by atoms with Crippen LogP contribution in [-0.2, 0) is 11.3 Å². The van der Waals surface area contributed by atoms with Crippen molar-refractivity contribution in [1.82, 2.24) is 5.32 Å². The van der Waals surface area contributed by atoms with E-state index >= 15 is 0 Å². The first-order valence-corrected chi connectivity index (χ1v) is 7.55. The lowest BCUT2D eigenvalue weighted by molar-refractivity contribution is 0.0663. The molecule has 20 heavy (non-hydrogen) atoms. The first kappa shape index (κ1) is 15.1. The van der Waals surface area contributed by atoms with E-state index in [-0.39, 0.29) is 6.10 Å². The second-order valence-corrected chi connectivity index (χ2v) is 4.90.